The maximum atomic E-state index is 12.6. The van der Waals surface area contributed by atoms with Gasteiger partial charge in [-0.05, 0) is 66.7 Å². The quantitative estimate of drug-likeness (QED) is 0.389. The lowest BCUT2D eigenvalue weighted by Gasteiger charge is -2.09. The van der Waals surface area contributed by atoms with Gasteiger partial charge in [-0.1, -0.05) is 11.2 Å². The van der Waals surface area contributed by atoms with Crippen molar-refractivity contribution in [1.82, 2.24) is 10.2 Å². The molecule has 4 rings (SSSR count). The van der Waals surface area contributed by atoms with E-state index < -0.39 is 15.9 Å². The Hall–Kier alpha value is -4.38. The molecule has 0 aliphatic heterocycles. The molecular formula is C23H20N4O6S. The SMILES string of the molecule is COc1ccc(S(=O)(=O)Nc2ccc(C(=O)Nc3nnc(-c4cccc(OC)c4)o3)cc2)cc1. The Kier molecular flexibility index (Phi) is 6.46. The molecule has 0 bridgehead atoms. The number of sulfonamides is 1. The first kappa shape index (κ1) is 22.8. The van der Waals surface area contributed by atoms with E-state index in [1.165, 1.54) is 43.5 Å². The summed E-state index contributed by atoms with van der Waals surface area (Å²) in [7, 11) is -0.750. The Morgan fingerprint density at radius 3 is 2.26 bits per heavy atom. The first-order chi connectivity index (χ1) is 16.4. The molecule has 0 fully saturated rings. The zero-order valence-corrected chi connectivity index (χ0v) is 19.0. The number of aromatic nitrogens is 2. The van der Waals surface area contributed by atoms with Crippen molar-refractivity contribution in [3.05, 3.63) is 78.4 Å². The predicted octanol–water partition coefficient (Wildman–Crippen LogP) is 3.81. The van der Waals surface area contributed by atoms with Crippen LogP contribution in [0.4, 0.5) is 11.7 Å². The van der Waals surface area contributed by atoms with Crippen LogP contribution >= 0.6 is 0 Å². The van der Waals surface area contributed by atoms with Gasteiger partial charge in [0.15, 0.2) is 0 Å². The van der Waals surface area contributed by atoms with E-state index >= 15 is 0 Å². The van der Waals surface area contributed by atoms with Gasteiger partial charge in [-0.25, -0.2) is 8.42 Å². The average molecular weight is 481 g/mol. The zero-order valence-electron chi connectivity index (χ0n) is 18.2. The van der Waals surface area contributed by atoms with Crippen molar-refractivity contribution in [2.24, 2.45) is 0 Å². The number of ether oxygens (including phenoxy) is 2. The molecule has 34 heavy (non-hydrogen) atoms. The number of methoxy groups -OCH3 is 2. The number of hydrogen-bond acceptors (Lipinski definition) is 8. The predicted molar refractivity (Wildman–Crippen MR) is 124 cm³/mol. The molecule has 4 aromatic rings. The van der Waals surface area contributed by atoms with Crippen molar-refractivity contribution in [3.63, 3.8) is 0 Å². The van der Waals surface area contributed by atoms with Crippen LogP contribution in [-0.4, -0.2) is 38.7 Å². The summed E-state index contributed by atoms with van der Waals surface area (Å²) in [6.45, 7) is 0. The van der Waals surface area contributed by atoms with Gasteiger partial charge >= 0.3 is 6.01 Å². The van der Waals surface area contributed by atoms with Crippen LogP contribution in [0.1, 0.15) is 10.4 Å². The smallest absolute Gasteiger partial charge is 0.322 e. The molecule has 1 amide bonds. The summed E-state index contributed by atoms with van der Waals surface area (Å²) in [6.07, 6.45) is 0. The molecule has 10 nitrogen and oxygen atoms in total. The highest BCUT2D eigenvalue weighted by Crippen LogP contribution is 2.24. The van der Waals surface area contributed by atoms with Crippen LogP contribution in [0.15, 0.2) is 82.1 Å². The van der Waals surface area contributed by atoms with Crippen molar-refractivity contribution >= 4 is 27.6 Å². The van der Waals surface area contributed by atoms with E-state index in [0.717, 1.165) is 0 Å². The Morgan fingerprint density at radius 2 is 1.59 bits per heavy atom. The van der Waals surface area contributed by atoms with Crippen LogP contribution in [0.2, 0.25) is 0 Å². The zero-order chi connectivity index (χ0) is 24.1. The fraction of sp³-hybridized carbons (Fsp3) is 0.0870. The number of nitrogens with zero attached hydrogens (tertiary/aromatic N) is 2. The van der Waals surface area contributed by atoms with Gasteiger partial charge in [0.25, 0.3) is 15.9 Å². The van der Waals surface area contributed by atoms with Gasteiger partial charge < -0.3 is 13.9 Å². The summed E-state index contributed by atoms with van der Waals surface area (Å²) in [5.74, 6) is 0.901. The van der Waals surface area contributed by atoms with Crippen LogP contribution < -0.4 is 19.5 Å². The highest BCUT2D eigenvalue weighted by atomic mass is 32.2. The lowest BCUT2D eigenvalue weighted by atomic mass is 10.2. The molecule has 0 atom stereocenters. The third-order valence-corrected chi connectivity index (χ3v) is 6.13. The summed E-state index contributed by atoms with van der Waals surface area (Å²) in [4.78, 5) is 12.6. The Bertz CT molecular complexity index is 1400. The molecule has 1 aromatic heterocycles. The highest BCUT2D eigenvalue weighted by molar-refractivity contribution is 7.92. The topological polar surface area (TPSA) is 133 Å². The molecule has 1 heterocycles. The summed E-state index contributed by atoms with van der Waals surface area (Å²) < 4.78 is 43.3. The molecule has 0 spiro atoms. The Balaban J connectivity index is 1.42. The minimum Gasteiger partial charge on any atom is -0.497 e. The van der Waals surface area contributed by atoms with Crippen molar-refractivity contribution in [2.45, 2.75) is 4.90 Å². The van der Waals surface area contributed by atoms with Crippen LogP contribution in [-0.2, 0) is 10.0 Å². The molecule has 174 valence electrons. The molecule has 0 saturated heterocycles. The number of amides is 1. The Morgan fingerprint density at radius 1 is 0.882 bits per heavy atom. The van der Waals surface area contributed by atoms with Crippen LogP contribution in [0.5, 0.6) is 11.5 Å². The summed E-state index contributed by atoms with van der Waals surface area (Å²) in [5, 5.41) is 10.3. The second-order valence-electron chi connectivity index (χ2n) is 6.96. The monoisotopic (exact) mass is 480 g/mol. The van der Waals surface area contributed by atoms with Gasteiger partial charge in [-0.2, -0.15) is 0 Å². The van der Waals surface area contributed by atoms with Gasteiger partial charge in [-0.15, -0.1) is 5.10 Å². The summed E-state index contributed by atoms with van der Waals surface area (Å²) >= 11 is 0. The van der Waals surface area contributed by atoms with E-state index in [1.54, 1.807) is 43.5 Å². The van der Waals surface area contributed by atoms with Crippen molar-refractivity contribution in [3.8, 4) is 23.0 Å². The van der Waals surface area contributed by atoms with Gasteiger partial charge in [0, 0.05) is 16.8 Å². The van der Waals surface area contributed by atoms with Crippen molar-refractivity contribution < 1.29 is 27.1 Å². The second kappa shape index (κ2) is 9.63. The van der Waals surface area contributed by atoms with E-state index in [0.29, 0.717) is 22.7 Å². The molecule has 0 radical (unpaired) electrons. The summed E-state index contributed by atoms with van der Waals surface area (Å²) in [5.41, 5.74) is 1.21. The maximum absolute atomic E-state index is 12.6. The van der Waals surface area contributed by atoms with Gasteiger partial charge in [0.2, 0.25) is 5.89 Å². The van der Waals surface area contributed by atoms with E-state index in [1.807, 2.05) is 0 Å². The maximum Gasteiger partial charge on any atom is 0.322 e. The van der Waals surface area contributed by atoms with Crippen LogP contribution in [0.3, 0.4) is 0 Å². The normalized spacial score (nSPS) is 11.0. The first-order valence-corrected chi connectivity index (χ1v) is 11.4. The van der Waals surface area contributed by atoms with E-state index in [4.69, 9.17) is 13.9 Å². The fourth-order valence-corrected chi connectivity index (χ4v) is 4.03. The molecule has 3 aromatic carbocycles. The molecule has 11 heteroatoms. The number of rotatable bonds is 8. The number of carbonyl (C=O) groups is 1. The van der Waals surface area contributed by atoms with Gasteiger partial charge in [0.05, 0.1) is 19.1 Å². The molecular weight excluding hydrogens is 460 g/mol. The Labute approximate surface area is 195 Å². The number of hydrogen-bond donors (Lipinski definition) is 2. The third kappa shape index (κ3) is 5.15. The van der Waals surface area contributed by atoms with Crippen molar-refractivity contribution in [2.75, 3.05) is 24.3 Å². The lowest BCUT2D eigenvalue weighted by molar-refractivity contribution is 0.102. The van der Waals surface area contributed by atoms with E-state index in [2.05, 4.69) is 20.2 Å². The standard InChI is InChI=1S/C23H20N4O6S/c1-31-18-10-12-20(13-11-18)34(29,30)27-17-8-6-15(7-9-17)21(28)24-23-26-25-22(33-23)16-4-3-5-19(14-16)32-2/h3-14,27H,1-2H3,(H,24,26,28). The minimum absolute atomic E-state index is 0.0768. The summed E-state index contributed by atoms with van der Waals surface area (Å²) in [6, 6.07) is 18.9. The second-order valence-corrected chi connectivity index (χ2v) is 8.64. The van der Waals surface area contributed by atoms with Crippen LogP contribution in [0.25, 0.3) is 11.5 Å². The van der Waals surface area contributed by atoms with E-state index in [9.17, 15) is 13.2 Å². The molecule has 0 aliphatic carbocycles. The molecule has 0 unspecified atom stereocenters. The number of carbonyl (C=O) groups excluding carboxylic acids is 1. The first-order valence-electron chi connectivity index (χ1n) is 9.94. The van der Waals surface area contributed by atoms with Gasteiger partial charge in [0.1, 0.15) is 11.5 Å². The van der Waals surface area contributed by atoms with Crippen molar-refractivity contribution in [1.29, 1.82) is 0 Å². The number of benzene rings is 3. The molecule has 2 N–H and O–H groups in total. The molecule has 0 saturated carbocycles. The van der Waals surface area contributed by atoms with Gasteiger partial charge in [-0.3, -0.25) is 14.8 Å². The minimum atomic E-state index is -3.80. The largest absolute Gasteiger partial charge is 0.497 e. The molecule has 0 aliphatic rings. The number of anilines is 2. The fourth-order valence-electron chi connectivity index (χ4n) is 2.97. The highest BCUT2D eigenvalue weighted by Gasteiger charge is 2.16. The van der Waals surface area contributed by atoms with E-state index in [-0.39, 0.29) is 22.4 Å². The third-order valence-electron chi connectivity index (χ3n) is 4.73. The lowest BCUT2D eigenvalue weighted by Crippen LogP contribution is -2.14. The average Bonchev–Trinajstić information content (AvgIpc) is 3.33. The number of nitrogens with one attached hydrogen (secondary N) is 2. The van der Waals surface area contributed by atoms with Crippen LogP contribution in [0, 0.1) is 0 Å².